The van der Waals surface area contributed by atoms with Gasteiger partial charge in [0, 0.05) is 22.5 Å². The first kappa shape index (κ1) is 25.2. The van der Waals surface area contributed by atoms with Crippen molar-refractivity contribution in [2.45, 2.75) is 25.9 Å². The highest BCUT2D eigenvalue weighted by Crippen LogP contribution is 2.43. The molecule has 1 saturated heterocycles. The standard InChI is InChI=1S/C32H26ClN3O2S/c1-20-6-12-24(13-7-20)37-25-14-10-23(11-15-25)36-31(30(35-32(36)39)27-5-3-4-18-34-27)29-17-16-28(38-29)22-9-8-21(2)26(33)19-22/h3-19,30-31H,1-2H3,(H,35,39)/t30-,31-/m0/s1. The van der Waals surface area contributed by atoms with Crippen molar-refractivity contribution in [2.75, 3.05) is 4.90 Å². The maximum atomic E-state index is 6.46. The Morgan fingerprint density at radius 2 is 1.64 bits per heavy atom. The molecular formula is C32H26ClN3O2S. The second-order valence-electron chi connectivity index (χ2n) is 9.57. The third kappa shape index (κ3) is 5.13. The van der Waals surface area contributed by atoms with Crippen LogP contribution in [0.25, 0.3) is 11.3 Å². The first-order valence-corrected chi connectivity index (χ1v) is 13.5. The summed E-state index contributed by atoms with van der Waals surface area (Å²) < 4.78 is 12.5. The predicted octanol–water partition coefficient (Wildman–Crippen LogP) is 8.58. The van der Waals surface area contributed by atoms with Gasteiger partial charge in [-0.05, 0) is 98.4 Å². The Morgan fingerprint density at radius 3 is 2.33 bits per heavy atom. The van der Waals surface area contributed by atoms with Crippen LogP contribution in [0.1, 0.15) is 34.7 Å². The zero-order valence-corrected chi connectivity index (χ0v) is 23.0. The van der Waals surface area contributed by atoms with Crippen LogP contribution in [-0.2, 0) is 0 Å². The van der Waals surface area contributed by atoms with Crippen LogP contribution >= 0.6 is 23.8 Å². The highest BCUT2D eigenvalue weighted by atomic mass is 35.5. The summed E-state index contributed by atoms with van der Waals surface area (Å²) in [6.07, 6.45) is 1.79. The van der Waals surface area contributed by atoms with Gasteiger partial charge in [-0.3, -0.25) is 4.98 Å². The molecule has 0 aliphatic carbocycles. The average Bonchev–Trinajstić information content (AvgIpc) is 3.57. The average molecular weight is 552 g/mol. The zero-order valence-electron chi connectivity index (χ0n) is 21.5. The fourth-order valence-corrected chi connectivity index (χ4v) is 5.28. The molecule has 6 rings (SSSR count). The molecular weight excluding hydrogens is 526 g/mol. The van der Waals surface area contributed by atoms with Crippen LogP contribution in [0.15, 0.2) is 108 Å². The molecule has 2 aromatic heterocycles. The first-order chi connectivity index (χ1) is 19.0. The van der Waals surface area contributed by atoms with Gasteiger partial charge in [-0.25, -0.2) is 0 Å². The molecule has 5 nitrogen and oxygen atoms in total. The molecule has 3 heterocycles. The topological polar surface area (TPSA) is 50.5 Å². The molecule has 3 aromatic carbocycles. The van der Waals surface area contributed by atoms with Crippen LogP contribution in [0.3, 0.4) is 0 Å². The summed E-state index contributed by atoms with van der Waals surface area (Å²) in [5, 5.41) is 4.78. The molecule has 194 valence electrons. The number of ether oxygens (including phenoxy) is 1. The molecule has 39 heavy (non-hydrogen) atoms. The predicted molar refractivity (Wildman–Crippen MR) is 160 cm³/mol. The molecule has 1 fully saturated rings. The number of hydrogen-bond donors (Lipinski definition) is 1. The number of hydrogen-bond acceptors (Lipinski definition) is 4. The van der Waals surface area contributed by atoms with Gasteiger partial charge in [0.15, 0.2) is 5.11 Å². The highest BCUT2D eigenvalue weighted by Gasteiger charge is 2.42. The van der Waals surface area contributed by atoms with Crippen molar-refractivity contribution in [1.29, 1.82) is 0 Å². The van der Waals surface area contributed by atoms with E-state index in [0.717, 1.165) is 45.5 Å². The number of halogens is 1. The first-order valence-electron chi connectivity index (χ1n) is 12.7. The Balaban J connectivity index is 1.35. The van der Waals surface area contributed by atoms with Crippen LogP contribution < -0.4 is 15.0 Å². The number of aromatic nitrogens is 1. The van der Waals surface area contributed by atoms with Crippen molar-refractivity contribution in [1.82, 2.24) is 10.3 Å². The zero-order chi connectivity index (χ0) is 26.9. The minimum Gasteiger partial charge on any atom is -0.459 e. The normalized spacial score (nSPS) is 16.8. The summed E-state index contributed by atoms with van der Waals surface area (Å²) in [6.45, 7) is 4.04. The number of nitrogens with zero attached hydrogens (tertiary/aromatic N) is 2. The summed E-state index contributed by atoms with van der Waals surface area (Å²) in [7, 11) is 0. The third-order valence-electron chi connectivity index (χ3n) is 6.84. The summed E-state index contributed by atoms with van der Waals surface area (Å²) in [4.78, 5) is 6.70. The van der Waals surface area contributed by atoms with E-state index in [-0.39, 0.29) is 12.1 Å². The lowest BCUT2D eigenvalue weighted by Crippen LogP contribution is -2.29. The molecule has 7 heteroatoms. The molecule has 0 spiro atoms. The van der Waals surface area contributed by atoms with Gasteiger partial charge in [0.05, 0.1) is 11.7 Å². The van der Waals surface area contributed by atoms with Gasteiger partial charge in [-0.1, -0.05) is 47.5 Å². The van der Waals surface area contributed by atoms with Crippen LogP contribution in [0.5, 0.6) is 11.5 Å². The number of pyridine rings is 1. The number of rotatable bonds is 6. The van der Waals surface area contributed by atoms with Gasteiger partial charge in [0.25, 0.3) is 0 Å². The van der Waals surface area contributed by atoms with E-state index in [1.54, 1.807) is 6.20 Å². The molecule has 0 amide bonds. The Bertz CT molecular complexity index is 1620. The molecule has 5 aromatic rings. The monoisotopic (exact) mass is 551 g/mol. The Hall–Kier alpha value is -4.13. The molecule has 0 saturated carbocycles. The SMILES string of the molecule is Cc1ccc(Oc2ccc(N3C(=S)N[C@@H](c4ccccn4)[C@@H]3c3ccc(-c4ccc(C)c(Cl)c4)o3)cc2)cc1. The number of furan rings is 1. The number of benzene rings is 3. The van der Waals surface area contributed by atoms with Crippen LogP contribution in [0.2, 0.25) is 5.02 Å². The van der Waals surface area contributed by atoms with Crippen LogP contribution in [-0.4, -0.2) is 10.1 Å². The van der Waals surface area contributed by atoms with Crippen molar-refractivity contribution in [2.24, 2.45) is 0 Å². The van der Waals surface area contributed by atoms with Gasteiger partial charge in [0.1, 0.15) is 29.1 Å². The van der Waals surface area contributed by atoms with E-state index in [9.17, 15) is 0 Å². The van der Waals surface area contributed by atoms with Crippen molar-refractivity contribution < 1.29 is 9.15 Å². The Morgan fingerprint density at radius 1 is 0.897 bits per heavy atom. The number of nitrogens with one attached hydrogen (secondary N) is 1. The maximum Gasteiger partial charge on any atom is 0.174 e. The van der Waals surface area contributed by atoms with E-state index >= 15 is 0 Å². The third-order valence-corrected chi connectivity index (χ3v) is 7.57. The van der Waals surface area contributed by atoms with E-state index in [4.69, 9.17) is 33.0 Å². The molecule has 0 unspecified atom stereocenters. The van der Waals surface area contributed by atoms with Crippen molar-refractivity contribution in [3.8, 4) is 22.8 Å². The molecule has 0 bridgehead atoms. The van der Waals surface area contributed by atoms with Crippen molar-refractivity contribution in [3.63, 3.8) is 0 Å². The molecule has 1 aliphatic rings. The van der Waals surface area contributed by atoms with E-state index in [0.29, 0.717) is 10.1 Å². The quantitative estimate of drug-likeness (QED) is 0.213. The summed E-state index contributed by atoms with van der Waals surface area (Å²) >= 11 is 12.3. The lowest BCUT2D eigenvalue weighted by Gasteiger charge is -2.26. The van der Waals surface area contributed by atoms with Gasteiger partial charge in [-0.2, -0.15) is 0 Å². The van der Waals surface area contributed by atoms with Gasteiger partial charge >= 0.3 is 0 Å². The maximum absolute atomic E-state index is 6.46. The van der Waals surface area contributed by atoms with Gasteiger partial charge in [-0.15, -0.1) is 0 Å². The summed E-state index contributed by atoms with van der Waals surface area (Å²) in [5.74, 6) is 3.05. The van der Waals surface area contributed by atoms with Crippen molar-refractivity contribution >= 4 is 34.6 Å². The van der Waals surface area contributed by atoms with E-state index < -0.39 is 0 Å². The smallest absolute Gasteiger partial charge is 0.174 e. The minimum absolute atomic E-state index is 0.206. The van der Waals surface area contributed by atoms with Crippen LogP contribution in [0.4, 0.5) is 5.69 Å². The number of thiocarbonyl (C=S) groups is 1. The minimum atomic E-state index is -0.258. The van der Waals surface area contributed by atoms with Crippen LogP contribution in [0, 0.1) is 13.8 Å². The summed E-state index contributed by atoms with van der Waals surface area (Å²) in [5.41, 5.74) is 4.93. The van der Waals surface area contributed by atoms with Crippen molar-refractivity contribution in [3.05, 3.63) is 131 Å². The fourth-order valence-electron chi connectivity index (χ4n) is 4.75. The van der Waals surface area contributed by atoms with E-state index in [1.165, 1.54) is 5.56 Å². The second kappa shape index (κ2) is 10.6. The fraction of sp³-hybridized carbons (Fsp3) is 0.125. The Labute approximate surface area is 238 Å². The van der Waals surface area contributed by atoms with Gasteiger partial charge < -0.3 is 19.4 Å². The second-order valence-corrected chi connectivity index (χ2v) is 10.4. The highest BCUT2D eigenvalue weighted by molar-refractivity contribution is 7.80. The lowest BCUT2D eigenvalue weighted by molar-refractivity contribution is 0.439. The molecule has 2 atom stereocenters. The number of aryl methyl sites for hydroxylation is 2. The lowest BCUT2D eigenvalue weighted by atomic mass is 10.0. The largest absolute Gasteiger partial charge is 0.459 e. The van der Waals surface area contributed by atoms with E-state index in [1.807, 2.05) is 104 Å². The molecule has 1 N–H and O–H groups in total. The number of anilines is 1. The van der Waals surface area contributed by atoms with E-state index in [2.05, 4.69) is 22.1 Å². The Kier molecular flexibility index (Phi) is 6.81. The van der Waals surface area contributed by atoms with Gasteiger partial charge in [0.2, 0.25) is 0 Å². The molecule has 1 aliphatic heterocycles. The molecule has 0 radical (unpaired) electrons. The summed E-state index contributed by atoms with van der Waals surface area (Å²) in [6, 6.07) is 31.2.